The fraction of sp³-hybridized carbons (Fsp3) is 0.455. The first-order chi connectivity index (χ1) is 18.0. The minimum Gasteiger partial charge on any atom is -0.457 e. The molecule has 0 aliphatic carbocycles. The Morgan fingerprint density at radius 1 is 1.42 bits per heavy atom. The number of nitrogens with one attached hydrogen (secondary N) is 2. The van der Waals surface area contributed by atoms with Gasteiger partial charge in [0.25, 0.3) is 5.56 Å². The molecule has 14 nitrogen and oxygen atoms in total. The normalized spacial score (nSPS) is 32.0. The minimum atomic E-state index is -3.55. The van der Waals surface area contributed by atoms with Gasteiger partial charge >= 0.3 is 12.7 Å². The monoisotopic (exact) mass is 566 g/mol. The summed E-state index contributed by atoms with van der Waals surface area (Å²) in [5.74, 6) is -0.561. The highest BCUT2D eigenvalue weighted by atomic mass is 32.7. The van der Waals surface area contributed by atoms with Crippen LogP contribution in [0.1, 0.15) is 31.7 Å². The van der Waals surface area contributed by atoms with Gasteiger partial charge in [-0.05, 0) is 19.4 Å². The van der Waals surface area contributed by atoms with Gasteiger partial charge in [-0.1, -0.05) is 41.7 Å². The number of esters is 1. The summed E-state index contributed by atoms with van der Waals surface area (Å²) >= 11 is 0.937. The van der Waals surface area contributed by atoms with Crippen LogP contribution in [0.25, 0.3) is 11.2 Å². The quantitative estimate of drug-likeness (QED) is 0.199. The molecule has 4 heterocycles. The van der Waals surface area contributed by atoms with E-state index in [1.54, 1.807) is 6.92 Å². The lowest BCUT2D eigenvalue weighted by Gasteiger charge is -2.27. The molecule has 2 saturated heterocycles. The molecule has 2 unspecified atom stereocenters. The van der Waals surface area contributed by atoms with Gasteiger partial charge in [0, 0.05) is 5.75 Å². The van der Waals surface area contributed by atoms with Crippen LogP contribution in [-0.2, 0) is 23.4 Å². The van der Waals surface area contributed by atoms with E-state index in [1.165, 1.54) is 17.8 Å². The summed E-state index contributed by atoms with van der Waals surface area (Å²) in [6.07, 6.45) is -3.03. The molecule has 16 heteroatoms. The number of aromatic amines is 1. The van der Waals surface area contributed by atoms with Crippen molar-refractivity contribution in [2.24, 2.45) is 0 Å². The second-order valence-corrected chi connectivity index (χ2v) is 13.6. The number of aliphatic hydroxyl groups excluding tert-OH is 1. The van der Waals surface area contributed by atoms with Gasteiger partial charge in [-0.25, -0.2) is 10.1 Å². The Labute approximate surface area is 220 Å². The van der Waals surface area contributed by atoms with Gasteiger partial charge in [0.05, 0.1) is 12.9 Å². The Morgan fingerprint density at radius 2 is 2.16 bits per heavy atom. The van der Waals surface area contributed by atoms with Crippen molar-refractivity contribution in [2.75, 3.05) is 18.1 Å². The largest absolute Gasteiger partial charge is 0.457 e. The van der Waals surface area contributed by atoms with Crippen molar-refractivity contribution >= 4 is 41.2 Å². The van der Waals surface area contributed by atoms with Crippen LogP contribution in [0.4, 0.5) is 5.95 Å². The van der Waals surface area contributed by atoms with E-state index in [0.717, 1.165) is 16.9 Å². The molecule has 0 amide bonds. The van der Waals surface area contributed by atoms with Gasteiger partial charge in [-0.2, -0.15) is 4.98 Å². The number of rotatable bonds is 7. The van der Waals surface area contributed by atoms with Crippen LogP contribution < -0.4 is 16.4 Å². The number of ether oxygens (including phenoxy) is 2. The molecule has 2 aliphatic rings. The lowest BCUT2D eigenvalue weighted by atomic mass is 9.96. The number of nitrogens with two attached hydrogens (primary N) is 1. The number of nitrogen functional groups attached to an aromatic ring is 1. The maximum absolute atomic E-state index is 13.2. The van der Waals surface area contributed by atoms with Crippen molar-refractivity contribution < 1.29 is 33.6 Å². The molecular formula is C22H27N6O8PS. The van der Waals surface area contributed by atoms with Crippen molar-refractivity contribution in [1.82, 2.24) is 24.6 Å². The Morgan fingerprint density at radius 3 is 2.89 bits per heavy atom. The molecule has 0 bridgehead atoms. The highest BCUT2D eigenvalue weighted by Crippen LogP contribution is 2.61. The Kier molecular flexibility index (Phi) is 7.11. The molecule has 7 atom stereocenters. The molecule has 6 N–H and O–H groups in total. The molecule has 38 heavy (non-hydrogen) atoms. The van der Waals surface area contributed by atoms with Crippen molar-refractivity contribution in [3.63, 3.8) is 0 Å². The zero-order valence-electron chi connectivity index (χ0n) is 20.4. The summed E-state index contributed by atoms with van der Waals surface area (Å²) in [7, 11) is 0. The number of aliphatic hydroxyl groups is 2. The number of aromatic nitrogens is 4. The molecule has 204 valence electrons. The number of hydrogen-bond acceptors (Lipinski definition) is 12. The van der Waals surface area contributed by atoms with Gasteiger partial charge in [0.15, 0.2) is 17.4 Å². The number of hydrogen-bond donors (Lipinski definition) is 5. The second kappa shape index (κ2) is 10.1. The van der Waals surface area contributed by atoms with E-state index in [2.05, 4.69) is 20.0 Å². The molecule has 1 aromatic carbocycles. The van der Waals surface area contributed by atoms with Gasteiger partial charge in [0.2, 0.25) is 5.95 Å². The van der Waals surface area contributed by atoms with Crippen molar-refractivity contribution in [1.29, 1.82) is 0 Å². The standard InChI is InChI=1S/C22H27N6O8PS/c1-11(12-6-4-3-5-7-12)35-19(31)13-9-38-37(33,27-13)34-8-14-16(29)22(2,32)20(36-14)28-10-24-15-17(28)25-21(23)26-18(15)30/h3-7,10-11,13-14,16,20,29,32H,8-9H2,1-2H3,(H,27,33)(H3,23,25,26,30)/t11-,13?,14-,16-,20-,22-,37?/m1/s1. The number of anilines is 1. The molecule has 0 spiro atoms. The summed E-state index contributed by atoms with van der Waals surface area (Å²) in [4.78, 5) is 35.1. The molecule has 2 aromatic heterocycles. The average molecular weight is 567 g/mol. The Balaban J connectivity index is 1.23. The van der Waals surface area contributed by atoms with Crippen LogP contribution in [0.2, 0.25) is 0 Å². The van der Waals surface area contributed by atoms with Crippen LogP contribution >= 0.6 is 18.1 Å². The predicted molar refractivity (Wildman–Crippen MR) is 137 cm³/mol. The minimum absolute atomic E-state index is 0.0247. The summed E-state index contributed by atoms with van der Waals surface area (Å²) in [5.41, 5.74) is 4.07. The van der Waals surface area contributed by atoms with Crippen molar-refractivity contribution in [2.45, 2.75) is 50.0 Å². The number of carbonyl (C=O) groups excluding carboxylic acids is 1. The maximum Gasteiger partial charge on any atom is 0.327 e. The highest BCUT2D eigenvalue weighted by Gasteiger charge is 2.54. The molecule has 2 aliphatic heterocycles. The molecule has 0 saturated carbocycles. The summed E-state index contributed by atoms with van der Waals surface area (Å²) in [5, 5.41) is 24.5. The second-order valence-electron chi connectivity index (χ2n) is 9.23. The summed E-state index contributed by atoms with van der Waals surface area (Å²) in [6, 6.07) is 8.37. The van der Waals surface area contributed by atoms with E-state index in [0.29, 0.717) is 0 Å². The third kappa shape index (κ3) is 4.98. The van der Waals surface area contributed by atoms with Crippen LogP contribution in [-0.4, -0.2) is 71.9 Å². The third-order valence-electron chi connectivity index (χ3n) is 6.44. The van der Waals surface area contributed by atoms with Gasteiger partial charge in [-0.3, -0.25) is 23.7 Å². The van der Waals surface area contributed by atoms with E-state index in [-0.39, 0.29) is 29.5 Å². The first-order valence-corrected chi connectivity index (χ1v) is 14.9. The number of carbonyl (C=O) groups is 1. The maximum atomic E-state index is 13.2. The third-order valence-corrected chi connectivity index (χ3v) is 10.5. The number of imidazole rings is 1. The Bertz CT molecular complexity index is 1450. The van der Waals surface area contributed by atoms with Gasteiger partial charge in [0.1, 0.15) is 30.0 Å². The van der Waals surface area contributed by atoms with E-state index >= 15 is 0 Å². The van der Waals surface area contributed by atoms with Crippen molar-refractivity contribution in [3.05, 3.63) is 52.6 Å². The molecule has 5 rings (SSSR count). The molecular weight excluding hydrogens is 539 g/mol. The molecule has 2 fully saturated rings. The average Bonchev–Trinajstić information content (AvgIpc) is 3.54. The zero-order chi connectivity index (χ0) is 27.2. The molecule has 3 aromatic rings. The topological polar surface area (TPSA) is 204 Å². The van der Waals surface area contributed by atoms with Crippen molar-refractivity contribution in [3.8, 4) is 0 Å². The van der Waals surface area contributed by atoms with E-state index in [1.807, 2.05) is 30.3 Å². The van der Waals surface area contributed by atoms with Crippen LogP contribution in [0.3, 0.4) is 0 Å². The van der Waals surface area contributed by atoms with E-state index < -0.39 is 54.4 Å². The number of nitrogens with zero attached hydrogens (tertiary/aromatic N) is 3. The van der Waals surface area contributed by atoms with Gasteiger partial charge in [-0.15, -0.1) is 0 Å². The first kappa shape index (κ1) is 26.8. The highest BCUT2D eigenvalue weighted by molar-refractivity contribution is 8.56. The summed E-state index contributed by atoms with van der Waals surface area (Å²) in [6.45, 7) is -0.825. The van der Waals surface area contributed by atoms with Gasteiger partial charge < -0.3 is 29.9 Å². The van der Waals surface area contributed by atoms with E-state index in [4.69, 9.17) is 19.7 Å². The number of fused-ring (bicyclic) bond motifs is 1. The van der Waals surface area contributed by atoms with Crippen LogP contribution in [0.5, 0.6) is 0 Å². The summed E-state index contributed by atoms with van der Waals surface area (Å²) < 4.78 is 31.5. The van der Waals surface area contributed by atoms with Crippen LogP contribution in [0.15, 0.2) is 41.5 Å². The van der Waals surface area contributed by atoms with Crippen LogP contribution in [0, 0.1) is 0 Å². The lowest BCUT2D eigenvalue weighted by molar-refractivity contribution is -0.150. The molecule has 0 radical (unpaired) electrons. The lowest BCUT2D eigenvalue weighted by Crippen LogP contribution is -2.44. The fourth-order valence-electron chi connectivity index (χ4n) is 4.35. The number of H-pyrrole nitrogens is 1. The van der Waals surface area contributed by atoms with E-state index in [9.17, 15) is 24.4 Å². The zero-order valence-corrected chi connectivity index (χ0v) is 22.1. The smallest absolute Gasteiger partial charge is 0.327 e. The SMILES string of the molecule is C[C@@H](OC(=O)C1CSP(=O)(OC[C@H]2O[C@@H](n3cnc4c(=O)[nH]c(N)nc43)[C@](C)(O)[C@@H]2O)N1)c1ccccc1. The predicted octanol–water partition coefficient (Wildman–Crippen LogP) is 0.845. The fourth-order valence-corrected chi connectivity index (χ4v) is 8.23. The Hall–Kier alpha value is -2.78. The first-order valence-electron chi connectivity index (χ1n) is 11.7. The number of benzene rings is 1.